The number of halogens is 5. The van der Waals surface area contributed by atoms with Crippen LogP contribution >= 0.6 is 0 Å². The quantitative estimate of drug-likeness (QED) is 0.398. The second-order valence-electron chi connectivity index (χ2n) is 6.37. The van der Waals surface area contributed by atoms with E-state index in [1.54, 1.807) is 0 Å². The number of carbonyl (C=O) groups is 1. The van der Waals surface area contributed by atoms with Crippen LogP contribution in [0, 0.1) is 0 Å². The summed E-state index contributed by atoms with van der Waals surface area (Å²) in [5.74, 6) is -2.72. The number of aromatic nitrogens is 2. The molecule has 0 spiro atoms. The molecule has 0 fully saturated rings. The summed E-state index contributed by atoms with van der Waals surface area (Å²) in [6.07, 6.45) is -6.79. The molecule has 3 rings (SSSR count). The Bertz CT molecular complexity index is 1230. The lowest BCUT2D eigenvalue weighted by Gasteiger charge is -2.20. The lowest BCUT2D eigenvalue weighted by Crippen LogP contribution is -2.41. The number of rotatable bonds is 7. The zero-order valence-corrected chi connectivity index (χ0v) is 16.8. The first kappa shape index (κ1) is 23.6. The molecule has 0 aliphatic carbocycles. The molecule has 8 nitrogen and oxygen atoms in total. The van der Waals surface area contributed by atoms with Gasteiger partial charge in [0.25, 0.3) is 16.4 Å². The highest BCUT2D eigenvalue weighted by molar-refractivity contribution is 7.89. The summed E-state index contributed by atoms with van der Waals surface area (Å²) in [7, 11) is -4.67. The smallest absolute Gasteiger partial charge is 0.345 e. The Labute approximate surface area is 177 Å². The van der Waals surface area contributed by atoms with Crippen LogP contribution in [0.3, 0.4) is 0 Å². The molecule has 32 heavy (non-hydrogen) atoms. The van der Waals surface area contributed by atoms with Crippen LogP contribution in [0.2, 0.25) is 0 Å². The number of nitrogens with zero attached hydrogens (tertiary/aromatic N) is 2. The van der Waals surface area contributed by atoms with Crippen LogP contribution in [0.4, 0.5) is 22.0 Å². The van der Waals surface area contributed by atoms with Crippen LogP contribution in [-0.2, 0) is 19.7 Å². The number of pyridine rings is 1. The van der Waals surface area contributed by atoms with Gasteiger partial charge in [0, 0.05) is 18.1 Å². The molecule has 1 aromatic carbocycles. The van der Waals surface area contributed by atoms with Gasteiger partial charge in [-0.2, -0.15) is 13.2 Å². The minimum Gasteiger partial charge on any atom is -0.345 e. The number of H-pyrrole nitrogens is 1. The molecular formula is C18H15F5N4O4S. The monoisotopic (exact) mass is 478 g/mol. The third-order valence-corrected chi connectivity index (χ3v) is 5.91. The molecule has 3 aromatic rings. The maximum atomic E-state index is 13.0. The summed E-state index contributed by atoms with van der Waals surface area (Å²) in [5.41, 5.74) is 5.96. The maximum Gasteiger partial charge on any atom is 0.492 e. The third-order valence-electron chi connectivity index (χ3n) is 4.25. The third kappa shape index (κ3) is 4.71. The Morgan fingerprint density at radius 2 is 1.84 bits per heavy atom. The maximum absolute atomic E-state index is 13.0. The van der Waals surface area contributed by atoms with E-state index in [-0.39, 0.29) is 15.8 Å². The van der Waals surface area contributed by atoms with E-state index in [9.17, 15) is 35.2 Å². The van der Waals surface area contributed by atoms with Gasteiger partial charge in [0.05, 0.1) is 17.1 Å². The van der Waals surface area contributed by atoms with Gasteiger partial charge in [-0.05, 0) is 39.9 Å². The molecule has 0 saturated heterocycles. The largest absolute Gasteiger partial charge is 0.492 e. The van der Waals surface area contributed by atoms with E-state index in [2.05, 4.69) is 14.8 Å². The van der Waals surface area contributed by atoms with Gasteiger partial charge in [-0.3, -0.25) is 0 Å². The number of hydroxylamine groups is 1. The Balaban J connectivity index is 1.95. The van der Waals surface area contributed by atoms with Gasteiger partial charge in [-0.1, -0.05) is 12.1 Å². The molecular weight excluding hydrogens is 463 g/mol. The Hall–Kier alpha value is -3.10. The van der Waals surface area contributed by atoms with Gasteiger partial charge >= 0.3 is 12.1 Å². The van der Waals surface area contributed by atoms with Crippen molar-refractivity contribution in [1.82, 2.24) is 14.4 Å². The highest BCUT2D eigenvalue weighted by atomic mass is 32.2. The van der Waals surface area contributed by atoms with Gasteiger partial charge in [0.2, 0.25) is 0 Å². The van der Waals surface area contributed by atoms with Crippen LogP contribution in [-0.4, -0.2) is 48.1 Å². The number of fused-ring (bicyclic) bond motifs is 1. The standard InChI is InChI=1S/C18H15F5N4O4S/c19-15(20)14-9-13-12(5-7-25-16(13)26-14)10-1-3-11(4-2-10)32(29,30)27(8-6-24)31-17(28)18(21,22)23/h1-5,7,9,15H,6,8,24H2,(H,25,26). The number of alkyl halides is 5. The first-order valence-electron chi connectivity index (χ1n) is 8.83. The van der Waals surface area contributed by atoms with Crippen molar-refractivity contribution in [3.63, 3.8) is 0 Å². The predicted molar refractivity (Wildman–Crippen MR) is 102 cm³/mol. The molecule has 0 amide bonds. The van der Waals surface area contributed by atoms with Crippen molar-refractivity contribution in [1.29, 1.82) is 0 Å². The van der Waals surface area contributed by atoms with Crippen molar-refractivity contribution in [3.8, 4) is 11.1 Å². The minimum absolute atomic E-state index is 0.135. The first-order valence-corrected chi connectivity index (χ1v) is 10.3. The molecule has 0 radical (unpaired) electrons. The zero-order valence-electron chi connectivity index (χ0n) is 15.9. The number of carbonyl (C=O) groups excluding carboxylic acids is 1. The van der Waals surface area contributed by atoms with Crippen molar-refractivity contribution < 1.29 is 40.0 Å². The number of hydrogen-bond acceptors (Lipinski definition) is 6. The van der Waals surface area contributed by atoms with Gasteiger partial charge in [-0.15, -0.1) is 0 Å². The minimum atomic E-state index is -5.41. The highest BCUT2D eigenvalue weighted by Gasteiger charge is 2.44. The van der Waals surface area contributed by atoms with Crippen LogP contribution in [0.5, 0.6) is 0 Å². The number of aromatic amines is 1. The second-order valence-corrected chi connectivity index (χ2v) is 8.20. The van der Waals surface area contributed by atoms with Crippen LogP contribution < -0.4 is 5.73 Å². The molecule has 172 valence electrons. The molecule has 0 unspecified atom stereocenters. The number of hydrogen-bond donors (Lipinski definition) is 2. The molecule has 3 N–H and O–H groups in total. The van der Waals surface area contributed by atoms with Crippen molar-refractivity contribution in [3.05, 3.63) is 48.3 Å². The van der Waals surface area contributed by atoms with E-state index >= 15 is 0 Å². The summed E-state index contributed by atoms with van der Waals surface area (Å²) in [4.78, 5) is 21.1. The molecule has 0 aliphatic heterocycles. The van der Waals surface area contributed by atoms with E-state index in [0.29, 0.717) is 16.5 Å². The van der Waals surface area contributed by atoms with E-state index in [4.69, 9.17) is 5.73 Å². The number of benzene rings is 1. The lowest BCUT2D eigenvalue weighted by atomic mass is 10.0. The topological polar surface area (TPSA) is 118 Å². The van der Waals surface area contributed by atoms with Crippen LogP contribution in [0.25, 0.3) is 22.2 Å². The van der Waals surface area contributed by atoms with Gasteiger partial charge in [0.15, 0.2) is 0 Å². The average Bonchev–Trinajstić information content (AvgIpc) is 3.17. The van der Waals surface area contributed by atoms with Crippen molar-refractivity contribution in [2.45, 2.75) is 17.5 Å². The van der Waals surface area contributed by atoms with Gasteiger partial charge in [-0.25, -0.2) is 27.0 Å². The Kier molecular flexibility index (Phi) is 6.48. The van der Waals surface area contributed by atoms with E-state index in [1.165, 1.54) is 30.5 Å². The fraction of sp³-hybridized carbons (Fsp3) is 0.222. The van der Waals surface area contributed by atoms with Gasteiger partial charge < -0.3 is 15.6 Å². The second kappa shape index (κ2) is 8.80. The van der Waals surface area contributed by atoms with Crippen molar-refractivity contribution in [2.24, 2.45) is 5.73 Å². The number of nitrogens with one attached hydrogen (secondary N) is 1. The Morgan fingerprint density at radius 1 is 1.19 bits per heavy atom. The lowest BCUT2D eigenvalue weighted by molar-refractivity contribution is -0.222. The van der Waals surface area contributed by atoms with Crippen LogP contribution in [0.15, 0.2) is 47.5 Å². The van der Waals surface area contributed by atoms with Crippen molar-refractivity contribution in [2.75, 3.05) is 13.1 Å². The summed E-state index contributed by atoms with van der Waals surface area (Å²) < 4.78 is 88.6. The van der Waals surface area contributed by atoms with E-state index in [1.807, 2.05) is 0 Å². The SMILES string of the molecule is NCCN(OC(=O)C(F)(F)F)S(=O)(=O)c1ccc(-c2ccnc3[nH]c(C(F)F)cc23)cc1. The molecule has 2 heterocycles. The molecule has 0 bridgehead atoms. The summed E-state index contributed by atoms with van der Waals surface area (Å²) >= 11 is 0. The fourth-order valence-electron chi connectivity index (χ4n) is 2.81. The van der Waals surface area contributed by atoms with Crippen LogP contribution in [0.1, 0.15) is 12.1 Å². The Morgan fingerprint density at radius 3 is 2.41 bits per heavy atom. The zero-order chi connectivity index (χ0) is 23.7. The molecule has 14 heteroatoms. The molecule has 0 aliphatic rings. The normalized spacial score (nSPS) is 12.6. The number of sulfonamides is 1. The van der Waals surface area contributed by atoms with Gasteiger partial charge in [0.1, 0.15) is 5.65 Å². The van der Waals surface area contributed by atoms with E-state index < -0.39 is 46.6 Å². The highest BCUT2D eigenvalue weighted by Crippen LogP contribution is 2.32. The summed E-state index contributed by atoms with van der Waals surface area (Å²) in [6, 6.07) is 7.53. The molecule has 0 saturated carbocycles. The van der Waals surface area contributed by atoms with E-state index in [0.717, 1.165) is 12.1 Å². The molecule has 2 aromatic heterocycles. The average molecular weight is 478 g/mol. The number of nitrogens with two attached hydrogens (primary N) is 1. The van der Waals surface area contributed by atoms with Crippen molar-refractivity contribution >= 4 is 27.0 Å². The first-order chi connectivity index (χ1) is 14.9. The predicted octanol–water partition coefficient (Wildman–Crippen LogP) is 3.14. The summed E-state index contributed by atoms with van der Waals surface area (Å²) in [5, 5.41) is 0.363. The fourth-order valence-corrected chi connectivity index (χ4v) is 4.03. The summed E-state index contributed by atoms with van der Waals surface area (Å²) in [6.45, 7) is -1.13. The molecule has 0 atom stereocenters.